The van der Waals surface area contributed by atoms with Gasteiger partial charge >= 0.3 is 5.97 Å². The van der Waals surface area contributed by atoms with Crippen molar-refractivity contribution < 1.29 is 36.3 Å². The highest BCUT2D eigenvalue weighted by molar-refractivity contribution is 5.89. The van der Waals surface area contributed by atoms with Crippen LogP contribution in [0.2, 0.25) is 0 Å². The number of esters is 1. The van der Waals surface area contributed by atoms with Gasteiger partial charge < -0.3 is 31.9 Å². The molecule has 0 aromatic heterocycles. The molecule has 9 heteroatoms. The van der Waals surface area contributed by atoms with Crippen LogP contribution in [0, 0.1) is 10.1 Å². The zero-order valence-electron chi connectivity index (χ0n) is 13.9. The summed E-state index contributed by atoms with van der Waals surface area (Å²) in [5, 5.41) is 13.7. The third kappa shape index (κ3) is 6.79. The maximum absolute atomic E-state index is 12.2. The molecule has 1 N–H and O–H groups in total. The fraction of sp³-hybridized carbons (Fsp3) is 0.533. The molecule has 1 aromatic rings. The van der Waals surface area contributed by atoms with Crippen LogP contribution in [0.15, 0.2) is 24.3 Å². The minimum Gasteiger partial charge on any atom is -1.00 e. The molecule has 0 aliphatic heterocycles. The van der Waals surface area contributed by atoms with E-state index >= 15 is 0 Å². The van der Waals surface area contributed by atoms with Crippen molar-refractivity contribution in [2.75, 3.05) is 33.9 Å². The van der Waals surface area contributed by atoms with Gasteiger partial charge in [-0.15, -0.1) is 0 Å². The van der Waals surface area contributed by atoms with Crippen molar-refractivity contribution in [2.24, 2.45) is 0 Å². The largest absolute Gasteiger partial charge is 1.00 e. The average Bonchev–Trinajstić information content (AvgIpc) is 2.55. The van der Waals surface area contributed by atoms with E-state index in [9.17, 15) is 14.9 Å². The van der Waals surface area contributed by atoms with Crippen molar-refractivity contribution in [3.05, 3.63) is 39.9 Å². The van der Waals surface area contributed by atoms with Gasteiger partial charge in [-0.2, -0.15) is 0 Å². The molecular formula is C15H22ClN2O6-. The first-order chi connectivity index (χ1) is 11.0. The summed E-state index contributed by atoms with van der Waals surface area (Å²) in [6.07, 6.45) is -0.955. The Bertz CT molecular complexity index is 511. The minimum atomic E-state index is -0.591. The van der Waals surface area contributed by atoms with Gasteiger partial charge in [0.1, 0.15) is 6.10 Å². The summed E-state index contributed by atoms with van der Waals surface area (Å²) in [5.41, 5.74) is 0.145. The van der Waals surface area contributed by atoms with E-state index < -0.39 is 17.0 Å². The van der Waals surface area contributed by atoms with Crippen molar-refractivity contribution in [1.82, 2.24) is 5.32 Å². The molecule has 136 valence electrons. The number of nitro benzene ring substituents is 1. The predicted octanol–water partition coefficient (Wildman–Crippen LogP) is -1.60. The van der Waals surface area contributed by atoms with Crippen LogP contribution in [0.3, 0.4) is 0 Å². The second-order valence-corrected chi connectivity index (χ2v) is 4.78. The Kier molecular flexibility index (Phi) is 10.9. The van der Waals surface area contributed by atoms with E-state index in [1.165, 1.54) is 38.5 Å². The SMILES string of the molecule is CCNCC(OC)C(COC)OC(=O)c1ccc([N+](=O)[O-])cc1.[Cl-]. The van der Waals surface area contributed by atoms with Crippen LogP contribution in [0.1, 0.15) is 17.3 Å². The molecule has 0 radical (unpaired) electrons. The molecule has 0 amide bonds. The Balaban J connectivity index is 0.00000529. The first-order valence-electron chi connectivity index (χ1n) is 7.21. The number of likely N-dealkylation sites (N-methyl/N-ethyl adjacent to an activating group) is 1. The summed E-state index contributed by atoms with van der Waals surface area (Å²) in [6.45, 7) is 3.41. The molecule has 0 saturated heterocycles. The minimum absolute atomic E-state index is 0. The number of methoxy groups -OCH3 is 2. The maximum atomic E-state index is 12.2. The summed E-state index contributed by atoms with van der Waals surface area (Å²) in [5.74, 6) is -0.583. The molecule has 0 heterocycles. The van der Waals surface area contributed by atoms with E-state index in [0.717, 1.165) is 6.54 Å². The number of ether oxygens (including phenoxy) is 3. The van der Waals surface area contributed by atoms with Gasteiger partial charge in [0, 0.05) is 32.9 Å². The topological polar surface area (TPSA) is 99.9 Å². The van der Waals surface area contributed by atoms with Crippen molar-refractivity contribution in [2.45, 2.75) is 19.1 Å². The van der Waals surface area contributed by atoms with Crippen LogP contribution in [-0.2, 0) is 14.2 Å². The van der Waals surface area contributed by atoms with E-state index in [-0.39, 0.29) is 36.4 Å². The molecule has 2 unspecified atom stereocenters. The quantitative estimate of drug-likeness (QED) is 0.304. The molecule has 0 aliphatic carbocycles. The van der Waals surface area contributed by atoms with Crippen LogP contribution in [0.25, 0.3) is 0 Å². The lowest BCUT2D eigenvalue weighted by molar-refractivity contribution is -0.384. The molecule has 0 aliphatic rings. The van der Waals surface area contributed by atoms with E-state index in [4.69, 9.17) is 14.2 Å². The lowest BCUT2D eigenvalue weighted by Crippen LogP contribution is -3.00. The highest BCUT2D eigenvalue weighted by Gasteiger charge is 2.25. The monoisotopic (exact) mass is 361 g/mol. The number of carbonyl (C=O) groups excluding carboxylic acids is 1. The van der Waals surface area contributed by atoms with Gasteiger partial charge in [-0.3, -0.25) is 10.1 Å². The fourth-order valence-corrected chi connectivity index (χ4v) is 1.96. The fourth-order valence-electron chi connectivity index (χ4n) is 1.96. The van der Waals surface area contributed by atoms with Gasteiger partial charge in [0.05, 0.1) is 17.1 Å². The normalized spacial score (nSPS) is 12.8. The number of nitrogens with one attached hydrogen (secondary N) is 1. The molecule has 0 bridgehead atoms. The number of nitro groups is 1. The molecule has 24 heavy (non-hydrogen) atoms. The zero-order valence-corrected chi connectivity index (χ0v) is 14.6. The van der Waals surface area contributed by atoms with E-state index in [1.54, 1.807) is 0 Å². The molecule has 1 aromatic carbocycles. The summed E-state index contributed by atoms with van der Waals surface area (Å²) in [4.78, 5) is 22.3. The molecule has 0 spiro atoms. The third-order valence-electron chi connectivity index (χ3n) is 3.22. The zero-order chi connectivity index (χ0) is 17.2. The third-order valence-corrected chi connectivity index (χ3v) is 3.22. The van der Waals surface area contributed by atoms with Gasteiger partial charge in [-0.25, -0.2) is 4.79 Å². The van der Waals surface area contributed by atoms with E-state index in [0.29, 0.717) is 6.54 Å². The predicted molar refractivity (Wildman–Crippen MR) is 83.5 cm³/mol. The molecule has 1 rings (SSSR count). The number of carbonyl (C=O) groups is 1. The summed E-state index contributed by atoms with van der Waals surface area (Å²) < 4.78 is 15.9. The lowest BCUT2D eigenvalue weighted by Gasteiger charge is -2.25. The van der Waals surface area contributed by atoms with Crippen LogP contribution in [-0.4, -0.2) is 57.0 Å². The van der Waals surface area contributed by atoms with Gasteiger partial charge in [0.2, 0.25) is 0 Å². The maximum Gasteiger partial charge on any atom is 0.338 e. The van der Waals surface area contributed by atoms with Gasteiger partial charge in [0.25, 0.3) is 5.69 Å². The van der Waals surface area contributed by atoms with Crippen molar-refractivity contribution in [3.8, 4) is 0 Å². The Morgan fingerprint density at radius 3 is 2.33 bits per heavy atom. The van der Waals surface area contributed by atoms with Crippen molar-refractivity contribution in [1.29, 1.82) is 0 Å². The summed E-state index contributed by atoms with van der Waals surface area (Å²) in [6, 6.07) is 5.23. The number of non-ortho nitro benzene ring substituents is 1. The number of rotatable bonds is 10. The molecular weight excluding hydrogens is 340 g/mol. The standard InChI is InChI=1S/C15H22N2O6.ClH/c1-4-16-9-13(22-3)14(10-21-2)23-15(18)11-5-7-12(8-6-11)17(19)20;/h5-8,13-14,16H,4,9-10H2,1-3H3;1H/p-1. The van der Waals surface area contributed by atoms with E-state index in [2.05, 4.69) is 5.32 Å². The van der Waals surface area contributed by atoms with Gasteiger partial charge in [-0.1, -0.05) is 6.92 Å². The molecule has 0 fully saturated rings. The van der Waals surface area contributed by atoms with Crippen molar-refractivity contribution >= 4 is 11.7 Å². The second-order valence-electron chi connectivity index (χ2n) is 4.78. The highest BCUT2D eigenvalue weighted by atomic mass is 35.5. The Morgan fingerprint density at radius 1 is 1.25 bits per heavy atom. The number of benzene rings is 1. The summed E-state index contributed by atoms with van der Waals surface area (Å²) >= 11 is 0. The van der Waals surface area contributed by atoms with Crippen molar-refractivity contribution in [3.63, 3.8) is 0 Å². The number of nitrogens with zero attached hydrogens (tertiary/aromatic N) is 1. The van der Waals surface area contributed by atoms with Gasteiger partial charge in [-0.05, 0) is 18.7 Å². The first kappa shape index (κ1) is 22.3. The highest BCUT2D eigenvalue weighted by Crippen LogP contribution is 2.14. The number of halogens is 1. The van der Waals surface area contributed by atoms with Crippen LogP contribution >= 0.6 is 0 Å². The van der Waals surface area contributed by atoms with Crippen LogP contribution in [0.5, 0.6) is 0 Å². The Labute approximate surface area is 147 Å². The lowest BCUT2D eigenvalue weighted by atomic mass is 10.2. The Hall–Kier alpha value is -1.74. The van der Waals surface area contributed by atoms with Crippen LogP contribution < -0.4 is 17.7 Å². The number of hydrogen-bond acceptors (Lipinski definition) is 7. The molecule has 0 saturated carbocycles. The molecule has 8 nitrogen and oxygen atoms in total. The smallest absolute Gasteiger partial charge is 0.338 e. The first-order valence-corrected chi connectivity index (χ1v) is 7.21. The van der Waals surface area contributed by atoms with Gasteiger partial charge in [0.15, 0.2) is 6.10 Å². The summed E-state index contributed by atoms with van der Waals surface area (Å²) in [7, 11) is 3.04. The van der Waals surface area contributed by atoms with E-state index in [1.807, 2.05) is 6.92 Å². The molecule has 2 atom stereocenters. The average molecular weight is 362 g/mol. The second kappa shape index (κ2) is 11.7. The Morgan fingerprint density at radius 2 is 1.88 bits per heavy atom. The van der Waals surface area contributed by atoms with Crippen LogP contribution in [0.4, 0.5) is 5.69 Å². The number of hydrogen-bond donors (Lipinski definition) is 1.